The number of nitrogens with zero attached hydrogens (tertiary/aromatic N) is 2. The van der Waals surface area contributed by atoms with Gasteiger partial charge >= 0.3 is 0 Å². The van der Waals surface area contributed by atoms with Crippen LogP contribution in [-0.4, -0.2) is 9.97 Å². The van der Waals surface area contributed by atoms with Crippen molar-refractivity contribution >= 4 is 27.4 Å². The summed E-state index contributed by atoms with van der Waals surface area (Å²) in [6.07, 6.45) is 7.26. The maximum atomic E-state index is 5.65. The third-order valence-electron chi connectivity index (χ3n) is 3.92. The number of hydrogen-bond acceptors (Lipinski definition) is 5. The first-order valence-electron chi connectivity index (χ1n) is 6.63. The van der Waals surface area contributed by atoms with Crippen LogP contribution in [0.5, 0.6) is 0 Å². The minimum absolute atomic E-state index is 0.805. The van der Waals surface area contributed by atoms with Crippen LogP contribution in [0.4, 0.5) is 5.82 Å². The molecule has 0 bridgehead atoms. The van der Waals surface area contributed by atoms with Crippen LogP contribution in [0.2, 0.25) is 0 Å². The lowest BCUT2D eigenvalue weighted by molar-refractivity contribution is 0.777. The van der Waals surface area contributed by atoms with Gasteiger partial charge in [0, 0.05) is 11.3 Å². The number of nitrogens with one attached hydrogen (secondary N) is 1. The lowest BCUT2D eigenvalue weighted by Crippen LogP contribution is -2.11. The predicted molar refractivity (Wildman–Crippen MR) is 73.7 cm³/mol. The van der Waals surface area contributed by atoms with Gasteiger partial charge < -0.3 is 5.43 Å². The third kappa shape index (κ3) is 1.61. The van der Waals surface area contributed by atoms with Crippen molar-refractivity contribution in [3.05, 3.63) is 16.3 Å². The van der Waals surface area contributed by atoms with Gasteiger partial charge in [-0.3, -0.25) is 0 Å². The molecule has 2 heterocycles. The summed E-state index contributed by atoms with van der Waals surface area (Å²) in [5, 5.41) is 1.18. The highest BCUT2D eigenvalue weighted by atomic mass is 32.1. The van der Waals surface area contributed by atoms with Crippen molar-refractivity contribution in [2.24, 2.45) is 11.8 Å². The third-order valence-corrected chi connectivity index (χ3v) is 5.10. The number of hydrogen-bond donors (Lipinski definition) is 2. The second-order valence-electron chi connectivity index (χ2n) is 5.32. The topological polar surface area (TPSA) is 63.8 Å². The fraction of sp³-hybridized carbons (Fsp3) is 0.538. The highest BCUT2D eigenvalue weighted by Gasteiger charge is 2.25. The van der Waals surface area contributed by atoms with Crippen LogP contribution >= 0.6 is 11.3 Å². The molecule has 0 aliphatic heterocycles. The Balaban J connectivity index is 1.87. The number of thiophene rings is 1. The van der Waals surface area contributed by atoms with Crippen molar-refractivity contribution in [3.8, 4) is 0 Å². The van der Waals surface area contributed by atoms with Gasteiger partial charge in [-0.15, -0.1) is 11.3 Å². The summed E-state index contributed by atoms with van der Waals surface area (Å²) in [7, 11) is 0. The molecule has 2 aliphatic rings. The van der Waals surface area contributed by atoms with E-state index in [9.17, 15) is 0 Å². The van der Waals surface area contributed by atoms with Crippen molar-refractivity contribution in [3.63, 3.8) is 0 Å². The number of anilines is 1. The first-order chi connectivity index (χ1) is 8.85. The summed E-state index contributed by atoms with van der Waals surface area (Å²) >= 11 is 1.83. The number of rotatable bonds is 3. The summed E-state index contributed by atoms with van der Waals surface area (Å²) in [5.74, 6) is 8.24. The van der Waals surface area contributed by atoms with Crippen LogP contribution in [-0.2, 0) is 19.3 Å². The Morgan fingerprint density at radius 1 is 1.28 bits per heavy atom. The van der Waals surface area contributed by atoms with Crippen molar-refractivity contribution < 1.29 is 0 Å². The molecular formula is C13H16N4S. The predicted octanol–water partition coefficient (Wildman–Crippen LogP) is 2.42. The van der Waals surface area contributed by atoms with Gasteiger partial charge in [0.15, 0.2) is 5.82 Å². The molecule has 1 saturated carbocycles. The zero-order valence-electron chi connectivity index (χ0n) is 10.2. The molecule has 0 radical (unpaired) electrons. The van der Waals surface area contributed by atoms with Crippen LogP contribution in [0.1, 0.15) is 35.5 Å². The fourth-order valence-electron chi connectivity index (χ4n) is 2.82. The molecule has 3 N–H and O–H groups in total. The second kappa shape index (κ2) is 3.90. The molecule has 0 spiro atoms. The number of fused-ring (bicyclic) bond motifs is 3. The van der Waals surface area contributed by atoms with Crippen LogP contribution < -0.4 is 11.3 Å². The number of aromatic nitrogens is 2. The Hall–Kier alpha value is -1.20. The quantitative estimate of drug-likeness (QED) is 0.657. The van der Waals surface area contributed by atoms with Gasteiger partial charge in [-0.25, -0.2) is 15.8 Å². The molecule has 0 amide bonds. The molecule has 2 aromatic heterocycles. The molecule has 4 nitrogen and oxygen atoms in total. The highest BCUT2D eigenvalue weighted by Crippen LogP contribution is 2.40. The normalized spacial score (nSPS) is 18.3. The molecule has 4 rings (SSSR count). The highest BCUT2D eigenvalue weighted by molar-refractivity contribution is 7.19. The van der Waals surface area contributed by atoms with E-state index in [1.807, 2.05) is 11.3 Å². The Morgan fingerprint density at radius 2 is 2.17 bits per heavy atom. The largest absolute Gasteiger partial charge is 0.308 e. The van der Waals surface area contributed by atoms with E-state index in [1.165, 1.54) is 41.5 Å². The number of hydrazine groups is 1. The van der Waals surface area contributed by atoms with Gasteiger partial charge in [-0.2, -0.15) is 0 Å². The molecule has 1 fully saturated rings. The number of nitrogen functional groups attached to an aromatic ring is 1. The molecule has 0 aromatic carbocycles. The second-order valence-corrected chi connectivity index (χ2v) is 6.40. The molecule has 94 valence electrons. The smallest absolute Gasteiger partial charge is 0.152 e. The summed E-state index contributed by atoms with van der Waals surface area (Å²) in [6.45, 7) is 0. The number of nitrogens with two attached hydrogens (primary N) is 1. The van der Waals surface area contributed by atoms with E-state index in [0.717, 1.165) is 35.2 Å². The standard InChI is InChI=1S/C13H16N4S/c14-17-12-11-8-2-1-3-9(8)18-13(11)16-10(15-12)6-7-4-5-7/h7H,1-6,14H2,(H,15,16,17). The van der Waals surface area contributed by atoms with Crippen LogP contribution in [0.3, 0.4) is 0 Å². The summed E-state index contributed by atoms with van der Waals surface area (Å²) in [5.41, 5.74) is 4.21. The van der Waals surface area contributed by atoms with Gasteiger partial charge in [0.25, 0.3) is 0 Å². The molecule has 0 atom stereocenters. The molecule has 0 saturated heterocycles. The first kappa shape index (κ1) is 10.7. The molecule has 2 aromatic rings. The van der Waals surface area contributed by atoms with E-state index in [-0.39, 0.29) is 0 Å². The van der Waals surface area contributed by atoms with E-state index in [1.54, 1.807) is 0 Å². The fourth-order valence-corrected chi connectivity index (χ4v) is 4.10. The van der Waals surface area contributed by atoms with E-state index in [2.05, 4.69) is 10.4 Å². The number of aryl methyl sites for hydroxylation is 2. The zero-order chi connectivity index (χ0) is 12.1. The van der Waals surface area contributed by atoms with E-state index >= 15 is 0 Å². The average Bonchev–Trinajstić information content (AvgIpc) is 2.94. The average molecular weight is 260 g/mol. The lowest BCUT2D eigenvalue weighted by atomic mass is 10.2. The first-order valence-corrected chi connectivity index (χ1v) is 7.44. The summed E-state index contributed by atoms with van der Waals surface area (Å²) in [6, 6.07) is 0. The molecule has 0 unspecified atom stereocenters. The van der Waals surface area contributed by atoms with Gasteiger partial charge in [0.1, 0.15) is 10.7 Å². The summed E-state index contributed by atoms with van der Waals surface area (Å²) in [4.78, 5) is 12.0. The zero-order valence-corrected chi connectivity index (χ0v) is 11.0. The van der Waals surface area contributed by atoms with Crippen LogP contribution in [0.15, 0.2) is 0 Å². The molecular weight excluding hydrogens is 244 g/mol. The Kier molecular flexibility index (Phi) is 2.32. The molecule has 5 heteroatoms. The SMILES string of the molecule is NNc1nc(CC2CC2)nc2sc3c(c12)CCC3. The van der Waals surface area contributed by atoms with Crippen molar-refractivity contribution in [1.82, 2.24) is 9.97 Å². The van der Waals surface area contributed by atoms with E-state index in [0.29, 0.717) is 0 Å². The minimum atomic E-state index is 0.805. The Labute approximate surface area is 110 Å². The van der Waals surface area contributed by atoms with Gasteiger partial charge in [0.2, 0.25) is 0 Å². The molecule has 18 heavy (non-hydrogen) atoms. The lowest BCUT2D eigenvalue weighted by Gasteiger charge is -2.06. The van der Waals surface area contributed by atoms with Crippen molar-refractivity contribution in [2.75, 3.05) is 5.43 Å². The Morgan fingerprint density at radius 3 is 2.94 bits per heavy atom. The maximum absolute atomic E-state index is 5.65. The van der Waals surface area contributed by atoms with Crippen LogP contribution in [0.25, 0.3) is 10.2 Å². The van der Waals surface area contributed by atoms with E-state index in [4.69, 9.17) is 10.8 Å². The minimum Gasteiger partial charge on any atom is -0.308 e. The van der Waals surface area contributed by atoms with Gasteiger partial charge in [-0.1, -0.05) is 0 Å². The maximum Gasteiger partial charge on any atom is 0.152 e. The van der Waals surface area contributed by atoms with Crippen molar-refractivity contribution in [2.45, 2.75) is 38.5 Å². The van der Waals surface area contributed by atoms with Gasteiger partial charge in [-0.05, 0) is 43.6 Å². The van der Waals surface area contributed by atoms with Crippen LogP contribution in [0, 0.1) is 5.92 Å². The summed E-state index contributed by atoms with van der Waals surface area (Å²) < 4.78 is 0. The monoisotopic (exact) mass is 260 g/mol. The van der Waals surface area contributed by atoms with Gasteiger partial charge in [0.05, 0.1) is 5.39 Å². The van der Waals surface area contributed by atoms with E-state index < -0.39 is 0 Å². The van der Waals surface area contributed by atoms with Crippen molar-refractivity contribution in [1.29, 1.82) is 0 Å². The Bertz CT molecular complexity index is 615. The molecule has 2 aliphatic carbocycles.